The van der Waals surface area contributed by atoms with Gasteiger partial charge in [0, 0.05) is 24.8 Å². The SMILES string of the molecule is CCNC(=O)CNC(=O)c1cc2ccccc2cc1OCCCCN(C)C(=O)C(N)Cc1csc2ccccc12. The fourth-order valence-corrected chi connectivity index (χ4v) is 5.55. The van der Waals surface area contributed by atoms with E-state index in [4.69, 9.17) is 10.5 Å². The molecule has 9 heteroatoms. The van der Waals surface area contributed by atoms with Gasteiger partial charge in [0.25, 0.3) is 5.91 Å². The fourth-order valence-electron chi connectivity index (χ4n) is 4.57. The lowest BCUT2D eigenvalue weighted by Crippen LogP contribution is -2.43. The average molecular weight is 561 g/mol. The number of hydrogen-bond donors (Lipinski definition) is 3. The first kappa shape index (κ1) is 29.0. The van der Waals surface area contributed by atoms with Crippen molar-refractivity contribution in [3.63, 3.8) is 0 Å². The van der Waals surface area contributed by atoms with Crippen LogP contribution in [0.1, 0.15) is 35.7 Å². The zero-order valence-corrected chi connectivity index (χ0v) is 23.8. The molecule has 4 rings (SSSR count). The van der Waals surface area contributed by atoms with Crippen LogP contribution in [0.5, 0.6) is 5.75 Å². The molecule has 1 atom stereocenters. The van der Waals surface area contributed by atoms with E-state index < -0.39 is 6.04 Å². The minimum absolute atomic E-state index is 0.0863. The minimum atomic E-state index is -0.600. The molecule has 0 aliphatic rings. The molecule has 0 fully saturated rings. The lowest BCUT2D eigenvalue weighted by molar-refractivity contribution is -0.131. The van der Waals surface area contributed by atoms with Crippen LogP contribution in [0, 0.1) is 0 Å². The number of thiophene rings is 1. The van der Waals surface area contributed by atoms with Crippen molar-refractivity contribution in [2.24, 2.45) is 5.73 Å². The van der Waals surface area contributed by atoms with Crippen molar-refractivity contribution < 1.29 is 19.1 Å². The highest BCUT2D eigenvalue weighted by atomic mass is 32.1. The Hall–Kier alpha value is -3.95. The van der Waals surface area contributed by atoms with Crippen molar-refractivity contribution in [3.05, 3.63) is 77.2 Å². The van der Waals surface area contributed by atoms with E-state index >= 15 is 0 Å². The molecule has 0 aliphatic heterocycles. The highest BCUT2D eigenvalue weighted by Crippen LogP contribution is 2.27. The van der Waals surface area contributed by atoms with Crippen molar-refractivity contribution in [1.82, 2.24) is 15.5 Å². The van der Waals surface area contributed by atoms with Crippen LogP contribution in [0.2, 0.25) is 0 Å². The van der Waals surface area contributed by atoms with Gasteiger partial charge in [-0.1, -0.05) is 42.5 Å². The number of carbonyl (C=O) groups is 3. The van der Waals surface area contributed by atoms with Gasteiger partial charge in [-0.05, 0) is 71.5 Å². The molecule has 0 saturated heterocycles. The van der Waals surface area contributed by atoms with Crippen LogP contribution in [0.4, 0.5) is 0 Å². The van der Waals surface area contributed by atoms with Crippen molar-refractivity contribution in [2.45, 2.75) is 32.2 Å². The van der Waals surface area contributed by atoms with Gasteiger partial charge in [-0.25, -0.2) is 0 Å². The molecule has 0 radical (unpaired) electrons. The van der Waals surface area contributed by atoms with E-state index in [1.54, 1.807) is 29.4 Å². The number of likely N-dealkylation sites (N-methyl/N-ethyl adjacent to an activating group) is 2. The predicted molar refractivity (Wildman–Crippen MR) is 161 cm³/mol. The van der Waals surface area contributed by atoms with Gasteiger partial charge in [0.2, 0.25) is 11.8 Å². The molecular formula is C31H36N4O4S. The smallest absolute Gasteiger partial charge is 0.255 e. The number of carbonyl (C=O) groups excluding carboxylic acids is 3. The van der Waals surface area contributed by atoms with E-state index in [1.165, 1.54) is 4.70 Å². The van der Waals surface area contributed by atoms with Gasteiger partial charge in [-0.3, -0.25) is 14.4 Å². The van der Waals surface area contributed by atoms with Crippen LogP contribution in [0.25, 0.3) is 20.9 Å². The highest BCUT2D eigenvalue weighted by Gasteiger charge is 2.20. The number of nitrogens with one attached hydrogen (secondary N) is 2. The summed E-state index contributed by atoms with van der Waals surface area (Å²) in [7, 11) is 1.77. The van der Waals surface area contributed by atoms with E-state index in [0.717, 1.165) is 28.1 Å². The van der Waals surface area contributed by atoms with Crippen molar-refractivity contribution in [3.8, 4) is 5.75 Å². The molecule has 0 aliphatic carbocycles. The summed E-state index contributed by atoms with van der Waals surface area (Å²) in [5.41, 5.74) is 7.76. The normalized spacial score (nSPS) is 11.8. The van der Waals surface area contributed by atoms with E-state index in [0.29, 0.717) is 43.9 Å². The van der Waals surface area contributed by atoms with Crippen LogP contribution in [-0.4, -0.2) is 62.0 Å². The molecule has 8 nitrogen and oxygen atoms in total. The third-order valence-corrected chi connectivity index (χ3v) is 7.73. The van der Waals surface area contributed by atoms with Gasteiger partial charge in [0.1, 0.15) is 5.75 Å². The Bertz CT molecular complexity index is 1480. The maximum Gasteiger partial charge on any atom is 0.255 e. The van der Waals surface area contributed by atoms with Crippen molar-refractivity contribution in [2.75, 3.05) is 33.3 Å². The number of ether oxygens (including phenoxy) is 1. The third-order valence-electron chi connectivity index (χ3n) is 6.72. The number of fused-ring (bicyclic) bond motifs is 2. The predicted octanol–water partition coefficient (Wildman–Crippen LogP) is 4.11. The van der Waals surface area contributed by atoms with Gasteiger partial charge in [-0.2, -0.15) is 0 Å². The molecule has 0 spiro atoms. The summed E-state index contributed by atoms with van der Waals surface area (Å²) in [5, 5.41) is 10.4. The highest BCUT2D eigenvalue weighted by molar-refractivity contribution is 7.17. The first-order valence-corrected chi connectivity index (χ1v) is 14.4. The number of rotatable bonds is 13. The first-order valence-electron chi connectivity index (χ1n) is 13.5. The molecular weight excluding hydrogens is 524 g/mol. The van der Waals surface area contributed by atoms with Crippen LogP contribution < -0.4 is 21.1 Å². The number of hydrogen-bond acceptors (Lipinski definition) is 6. The summed E-state index contributed by atoms with van der Waals surface area (Å²) < 4.78 is 7.23. The van der Waals surface area contributed by atoms with Crippen molar-refractivity contribution in [1.29, 1.82) is 0 Å². The van der Waals surface area contributed by atoms with Crippen molar-refractivity contribution >= 4 is 49.9 Å². The number of nitrogens with zero attached hydrogens (tertiary/aromatic N) is 1. The summed E-state index contributed by atoms with van der Waals surface area (Å²) in [6.45, 7) is 3.15. The second-order valence-electron chi connectivity index (χ2n) is 9.71. The molecule has 40 heavy (non-hydrogen) atoms. The second-order valence-corrected chi connectivity index (χ2v) is 10.6. The number of nitrogens with two attached hydrogens (primary N) is 1. The third kappa shape index (κ3) is 7.37. The molecule has 4 aromatic rings. The number of benzene rings is 3. The second kappa shape index (κ2) is 13.9. The summed E-state index contributed by atoms with van der Waals surface area (Å²) in [5.74, 6) is -0.246. The first-order chi connectivity index (χ1) is 19.4. The Morgan fingerprint density at radius 2 is 1.73 bits per heavy atom. The summed E-state index contributed by atoms with van der Waals surface area (Å²) in [4.78, 5) is 39.3. The van der Waals surface area contributed by atoms with E-state index in [-0.39, 0.29) is 24.3 Å². The van der Waals surface area contributed by atoms with Gasteiger partial charge >= 0.3 is 0 Å². The molecule has 1 aromatic heterocycles. The van der Waals surface area contributed by atoms with Crippen LogP contribution in [0.3, 0.4) is 0 Å². The fraction of sp³-hybridized carbons (Fsp3) is 0.323. The van der Waals surface area contributed by atoms with Gasteiger partial charge in [-0.15, -0.1) is 11.3 Å². The molecule has 1 heterocycles. The zero-order chi connectivity index (χ0) is 28.5. The Morgan fingerprint density at radius 3 is 2.50 bits per heavy atom. The molecule has 210 valence electrons. The Morgan fingerprint density at radius 1 is 1.00 bits per heavy atom. The standard InChI is InChI=1S/C31H36N4O4S/c1-3-33-29(36)19-34-30(37)25-16-21-10-4-5-11-22(21)18-27(25)39-15-9-8-14-35(2)31(38)26(32)17-23-20-40-28-13-7-6-12-24(23)28/h4-7,10-13,16,18,20,26H,3,8-9,14-15,17,19,32H2,1-2H3,(H,33,36)(H,34,37). The van der Waals surface area contributed by atoms with Gasteiger partial charge in [0.05, 0.1) is 24.8 Å². The van der Waals surface area contributed by atoms with Crippen LogP contribution in [0.15, 0.2) is 66.0 Å². The average Bonchev–Trinajstić information content (AvgIpc) is 3.37. The van der Waals surface area contributed by atoms with Gasteiger partial charge < -0.3 is 26.0 Å². The Labute approximate surface area is 238 Å². The van der Waals surface area contributed by atoms with E-state index in [2.05, 4.69) is 28.1 Å². The Kier molecular flexibility index (Phi) is 10.1. The summed E-state index contributed by atoms with van der Waals surface area (Å²) in [6, 6.07) is 18.9. The lowest BCUT2D eigenvalue weighted by Gasteiger charge is -2.21. The van der Waals surface area contributed by atoms with Crippen LogP contribution >= 0.6 is 11.3 Å². The molecule has 3 amide bonds. The summed E-state index contributed by atoms with van der Waals surface area (Å²) >= 11 is 1.67. The lowest BCUT2D eigenvalue weighted by atomic mass is 10.0. The topological polar surface area (TPSA) is 114 Å². The van der Waals surface area contributed by atoms with E-state index in [1.807, 2.05) is 49.4 Å². The number of unbranched alkanes of at least 4 members (excludes halogenated alkanes) is 1. The van der Waals surface area contributed by atoms with Crippen LogP contribution in [-0.2, 0) is 16.0 Å². The van der Waals surface area contributed by atoms with Gasteiger partial charge in [0.15, 0.2) is 0 Å². The zero-order valence-electron chi connectivity index (χ0n) is 22.9. The Balaban J connectivity index is 1.29. The quantitative estimate of drug-likeness (QED) is 0.213. The maximum absolute atomic E-state index is 12.9. The molecule has 1 unspecified atom stereocenters. The molecule has 4 N–H and O–H groups in total. The largest absolute Gasteiger partial charge is 0.493 e. The monoisotopic (exact) mass is 560 g/mol. The maximum atomic E-state index is 12.9. The van der Waals surface area contributed by atoms with E-state index in [9.17, 15) is 14.4 Å². The molecule has 3 aromatic carbocycles. The minimum Gasteiger partial charge on any atom is -0.493 e. The number of amides is 3. The summed E-state index contributed by atoms with van der Waals surface area (Å²) in [6.07, 6.45) is 1.92. The molecule has 0 bridgehead atoms. The molecule has 0 saturated carbocycles.